The van der Waals surface area contributed by atoms with Crippen molar-refractivity contribution in [3.63, 3.8) is 0 Å². The molecule has 0 fully saturated rings. The van der Waals surface area contributed by atoms with Gasteiger partial charge in [-0.1, -0.05) is 13.8 Å². The average molecular weight is 220 g/mol. The zero-order valence-corrected chi connectivity index (χ0v) is 10.2. The van der Waals surface area contributed by atoms with Crippen LogP contribution >= 0.6 is 0 Å². The Morgan fingerprint density at radius 2 is 2.25 bits per heavy atom. The number of nitrogens with one attached hydrogen (secondary N) is 1. The van der Waals surface area contributed by atoms with E-state index in [2.05, 4.69) is 30.7 Å². The number of rotatable bonds is 5. The van der Waals surface area contributed by atoms with E-state index in [4.69, 9.17) is 11.1 Å². The van der Waals surface area contributed by atoms with Gasteiger partial charge in [-0.15, -0.1) is 0 Å². The van der Waals surface area contributed by atoms with E-state index in [0.29, 0.717) is 11.6 Å². The van der Waals surface area contributed by atoms with Crippen LogP contribution in [0.1, 0.15) is 26.5 Å². The van der Waals surface area contributed by atoms with Gasteiger partial charge in [0.05, 0.1) is 5.69 Å². The Bertz CT molecular complexity index is 360. The van der Waals surface area contributed by atoms with Crippen molar-refractivity contribution in [3.05, 3.63) is 24.0 Å². The van der Waals surface area contributed by atoms with Gasteiger partial charge < -0.3 is 10.6 Å². The van der Waals surface area contributed by atoms with Crippen molar-refractivity contribution in [2.45, 2.75) is 20.8 Å². The minimum absolute atomic E-state index is 0.0257. The van der Waals surface area contributed by atoms with Crippen LogP contribution in [0.4, 0.5) is 5.69 Å². The van der Waals surface area contributed by atoms with E-state index in [1.54, 1.807) is 6.20 Å². The monoisotopic (exact) mass is 220 g/mol. The molecule has 0 aliphatic heterocycles. The van der Waals surface area contributed by atoms with E-state index in [0.717, 1.165) is 18.8 Å². The van der Waals surface area contributed by atoms with Gasteiger partial charge in [-0.3, -0.25) is 10.4 Å². The van der Waals surface area contributed by atoms with Gasteiger partial charge in [0, 0.05) is 19.3 Å². The van der Waals surface area contributed by atoms with Crippen LogP contribution in [0.3, 0.4) is 0 Å². The molecule has 0 bridgehead atoms. The summed E-state index contributed by atoms with van der Waals surface area (Å²) < 4.78 is 0. The van der Waals surface area contributed by atoms with Gasteiger partial charge in [0.15, 0.2) is 0 Å². The summed E-state index contributed by atoms with van der Waals surface area (Å²) >= 11 is 0. The molecule has 4 nitrogen and oxygen atoms in total. The van der Waals surface area contributed by atoms with Crippen molar-refractivity contribution >= 4 is 11.5 Å². The number of anilines is 1. The summed E-state index contributed by atoms with van der Waals surface area (Å²) in [6.45, 7) is 8.28. The number of nitrogens with two attached hydrogens (primary N) is 1. The van der Waals surface area contributed by atoms with E-state index < -0.39 is 0 Å². The Morgan fingerprint density at radius 3 is 2.75 bits per heavy atom. The van der Waals surface area contributed by atoms with Gasteiger partial charge in [0.25, 0.3) is 0 Å². The predicted octanol–water partition coefficient (Wildman–Crippen LogP) is 1.85. The lowest BCUT2D eigenvalue weighted by molar-refractivity contribution is 0.618. The molecule has 0 saturated heterocycles. The molecule has 0 amide bonds. The van der Waals surface area contributed by atoms with Crippen LogP contribution in [-0.2, 0) is 0 Å². The molecule has 0 atom stereocenters. The molecule has 1 aromatic heterocycles. The first-order valence-corrected chi connectivity index (χ1v) is 5.60. The third-order valence-electron chi connectivity index (χ3n) is 2.35. The Labute approximate surface area is 97.0 Å². The molecule has 1 heterocycles. The van der Waals surface area contributed by atoms with E-state index in [1.165, 1.54) is 0 Å². The SMILES string of the molecule is CCN(CC(C)C)c1cccnc1C(=N)N. The zero-order valence-electron chi connectivity index (χ0n) is 10.2. The Hall–Kier alpha value is -1.58. The molecule has 1 aromatic rings. The second-order valence-corrected chi connectivity index (χ2v) is 4.22. The molecular formula is C12H20N4. The minimum atomic E-state index is 0.0257. The molecule has 0 saturated carbocycles. The smallest absolute Gasteiger partial charge is 0.143 e. The van der Waals surface area contributed by atoms with Gasteiger partial charge in [0.2, 0.25) is 0 Å². The number of amidine groups is 1. The largest absolute Gasteiger partial charge is 0.382 e. The summed E-state index contributed by atoms with van der Waals surface area (Å²) in [4.78, 5) is 6.37. The lowest BCUT2D eigenvalue weighted by Gasteiger charge is -2.26. The van der Waals surface area contributed by atoms with E-state index in [-0.39, 0.29) is 5.84 Å². The molecule has 0 spiro atoms. The van der Waals surface area contributed by atoms with Crippen molar-refractivity contribution in [1.82, 2.24) is 4.98 Å². The molecule has 88 valence electrons. The second-order valence-electron chi connectivity index (χ2n) is 4.22. The lowest BCUT2D eigenvalue weighted by Crippen LogP contribution is -2.30. The first kappa shape index (κ1) is 12.5. The highest BCUT2D eigenvalue weighted by atomic mass is 15.1. The van der Waals surface area contributed by atoms with Gasteiger partial charge in [-0.05, 0) is 25.0 Å². The summed E-state index contributed by atoms with van der Waals surface area (Å²) in [5, 5.41) is 7.52. The van der Waals surface area contributed by atoms with Gasteiger partial charge in [-0.2, -0.15) is 0 Å². The molecule has 0 aromatic carbocycles. The van der Waals surface area contributed by atoms with Gasteiger partial charge in [0.1, 0.15) is 11.5 Å². The summed E-state index contributed by atoms with van der Waals surface area (Å²) in [6.07, 6.45) is 1.67. The van der Waals surface area contributed by atoms with Crippen LogP contribution in [0.2, 0.25) is 0 Å². The number of aromatic nitrogens is 1. The van der Waals surface area contributed by atoms with Crippen LogP contribution in [0.15, 0.2) is 18.3 Å². The van der Waals surface area contributed by atoms with Crippen LogP contribution in [0.25, 0.3) is 0 Å². The summed E-state index contributed by atoms with van der Waals surface area (Å²) in [6, 6.07) is 3.85. The normalized spacial score (nSPS) is 10.5. The van der Waals surface area contributed by atoms with Gasteiger partial charge in [-0.25, -0.2) is 0 Å². The zero-order chi connectivity index (χ0) is 12.1. The number of nitrogen functional groups attached to an aromatic ring is 1. The minimum Gasteiger partial charge on any atom is -0.382 e. The number of hydrogen-bond donors (Lipinski definition) is 2. The summed E-state index contributed by atoms with van der Waals surface area (Å²) in [5.74, 6) is 0.595. The molecule has 4 heteroatoms. The van der Waals surface area contributed by atoms with Crippen molar-refractivity contribution in [2.75, 3.05) is 18.0 Å². The highest BCUT2D eigenvalue weighted by Gasteiger charge is 2.13. The van der Waals surface area contributed by atoms with Crippen LogP contribution < -0.4 is 10.6 Å². The predicted molar refractivity (Wildman–Crippen MR) is 68.0 cm³/mol. The Morgan fingerprint density at radius 1 is 1.56 bits per heavy atom. The molecule has 1 rings (SSSR count). The maximum atomic E-state index is 7.52. The highest BCUT2D eigenvalue weighted by molar-refractivity contribution is 5.98. The molecular weight excluding hydrogens is 200 g/mol. The number of nitrogens with zero attached hydrogens (tertiary/aromatic N) is 2. The van der Waals surface area contributed by atoms with E-state index in [1.807, 2.05) is 12.1 Å². The van der Waals surface area contributed by atoms with Crippen molar-refractivity contribution in [2.24, 2.45) is 11.7 Å². The standard InChI is InChI=1S/C12H20N4/c1-4-16(8-9(2)3)10-6-5-7-15-11(10)12(13)14/h5-7,9H,4,8H2,1-3H3,(H3,13,14). The third-order valence-corrected chi connectivity index (χ3v) is 2.35. The van der Waals surface area contributed by atoms with Crippen LogP contribution in [0, 0.1) is 11.3 Å². The average Bonchev–Trinajstić information content (AvgIpc) is 2.25. The molecule has 16 heavy (non-hydrogen) atoms. The molecule has 3 N–H and O–H groups in total. The number of hydrogen-bond acceptors (Lipinski definition) is 3. The first-order valence-electron chi connectivity index (χ1n) is 5.60. The van der Waals surface area contributed by atoms with E-state index >= 15 is 0 Å². The fourth-order valence-electron chi connectivity index (χ4n) is 1.70. The Kier molecular flexibility index (Phi) is 4.28. The quantitative estimate of drug-likeness (QED) is 0.588. The fourth-order valence-corrected chi connectivity index (χ4v) is 1.70. The fraction of sp³-hybridized carbons (Fsp3) is 0.500. The lowest BCUT2D eigenvalue weighted by atomic mass is 10.1. The highest BCUT2D eigenvalue weighted by Crippen LogP contribution is 2.18. The van der Waals surface area contributed by atoms with Crippen LogP contribution in [0.5, 0.6) is 0 Å². The van der Waals surface area contributed by atoms with Gasteiger partial charge >= 0.3 is 0 Å². The number of pyridine rings is 1. The van der Waals surface area contributed by atoms with Crippen molar-refractivity contribution in [3.8, 4) is 0 Å². The second kappa shape index (κ2) is 5.49. The molecule has 0 unspecified atom stereocenters. The van der Waals surface area contributed by atoms with Crippen LogP contribution in [-0.4, -0.2) is 23.9 Å². The maximum absolute atomic E-state index is 7.52. The Balaban J connectivity index is 3.04. The molecule has 0 radical (unpaired) electrons. The summed E-state index contributed by atoms with van der Waals surface area (Å²) in [7, 11) is 0. The third kappa shape index (κ3) is 2.95. The topological polar surface area (TPSA) is 66.0 Å². The molecule has 0 aliphatic carbocycles. The molecule has 0 aliphatic rings. The van der Waals surface area contributed by atoms with Crippen molar-refractivity contribution in [1.29, 1.82) is 5.41 Å². The van der Waals surface area contributed by atoms with Crippen molar-refractivity contribution < 1.29 is 0 Å². The summed E-state index contributed by atoms with van der Waals surface area (Å²) in [5.41, 5.74) is 7.06. The first-order chi connectivity index (χ1) is 7.56. The van der Waals surface area contributed by atoms with E-state index in [9.17, 15) is 0 Å². The maximum Gasteiger partial charge on any atom is 0.143 e.